The first kappa shape index (κ1) is 38.1. The molecule has 2 N–H and O–H groups in total. The third-order valence-corrected chi connectivity index (χ3v) is 11.6. The minimum absolute atomic E-state index is 0.0396. The van der Waals surface area contributed by atoms with Crippen molar-refractivity contribution in [2.45, 2.75) is 89.2 Å². The average Bonchev–Trinajstić information content (AvgIpc) is 3.18. The number of morpholine rings is 1. The Bertz CT molecular complexity index is 2090. The molecule has 1 aliphatic carbocycles. The lowest BCUT2D eigenvalue weighted by atomic mass is 9.91. The second-order valence-electron chi connectivity index (χ2n) is 15.0. The maximum atomic E-state index is 13.3. The van der Waals surface area contributed by atoms with Crippen molar-refractivity contribution in [2.75, 3.05) is 51.3 Å². The van der Waals surface area contributed by atoms with Crippen LogP contribution in [0.4, 0.5) is 5.69 Å². The van der Waals surface area contributed by atoms with Gasteiger partial charge in [-0.15, -0.1) is 0 Å². The van der Waals surface area contributed by atoms with E-state index in [2.05, 4.69) is 15.2 Å². The van der Waals surface area contributed by atoms with Gasteiger partial charge >= 0.3 is 0 Å². The zero-order chi connectivity index (χ0) is 37.7. The van der Waals surface area contributed by atoms with Crippen LogP contribution in [0.25, 0.3) is 21.8 Å². The molecule has 3 aliphatic rings. The number of Topliss-reactive ketones (excluding diaryl/α,β-unsaturated/α-hetero) is 1. The molecule has 2 aliphatic heterocycles. The number of hydrogen-bond acceptors (Lipinski definition) is 9. The highest BCUT2D eigenvalue weighted by Gasteiger charge is 2.34. The van der Waals surface area contributed by atoms with Crippen LogP contribution in [0.3, 0.4) is 0 Å². The highest BCUT2D eigenvalue weighted by atomic mass is 35.5. The number of aliphatic hydroxyl groups is 1. The summed E-state index contributed by atoms with van der Waals surface area (Å²) in [5, 5.41) is 16.4. The van der Waals surface area contributed by atoms with E-state index in [1.54, 1.807) is 23.1 Å². The second-order valence-corrected chi connectivity index (χ2v) is 15.4. The van der Waals surface area contributed by atoms with E-state index in [0.29, 0.717) is 99.9 Å². The van der Waals surface area contributed by atoms with Gasteiger partial charge in [-0.1, -0.05) is 30.2 Å². The molecule has 2 fully saturated rings. The van der Waals surface area contributed by atoms with Crippen LogP contribution in [0.5, 0.6) is 0 Å². The van der Waals surface area contributed by atoms with E-state index in [1.165, 1.54) is 10.9 Å². The highest BCUT2D eigenvalue weighted by Crippen LogP contribution is 2.33. The number of hydrogen-bond donors (Lipinski definition) is 2. The lowest BCUT2D eigenvalue weighted by Gasteiger charge is -2.38. The number of likely N-dealkylation sites (tertiary alicyclic amines) is 1. The Kier molecular flexibility index (Phi) is 12.0. The lowest BCUT2D eigenvalue weighted by Crippen LogP contribution is -2.49. The number of unbranched alkanes of at least 4 members (excludes halogenated alkanes) is 2. The van der Waals surface area contributed by atoms with Crippen LogP contribution in [0, 0.1) is 0 Å². The van der Waals surface area contributed by atoms with Gasteiger partial charge in [0.05, 0.1) is 53.1 Å². The Morgan fingerprint density at radius 1 is 0.889 bits per heavy atom. The molecule has 0 bridgehead atoms. The number of aromatic nitrogens is 3. The highest BCUT2D eigenvalue weighted by molar-refractivity contribution is 6.36. The van der Waals surface area contributed by atoms with Gasteiger partial charge in [0.2, 0.25) is 11.8 Å². The average molecular weight is 757 g/mol. The van der Waals surface area contributed by atoms with Crippen LogP contribution in [0.15, 0.2) is 47.5 Å². The summed E-state index contributed by atoms with van der Waals surface area (Å²) in [7, 11) is 0. The number of amides is 2. The smallest absolute Gasteiger partial charge is 0.261 e. The predicted molar refractivity (Wildman–Crippen MR) is 208 cm³/mol. The molecule has 13 heteroatoms. The number of piperidine rings is 1. The number of anilines is 1. The standard InChI is InChI=1S/C41H49ClN6O6/c42-39-30-6-4-5-7-33(30)45-35-24-28(10-12-31(35)39)36(49)8-2-1-3-9-38(51)47-18-15-41(53,16-19-47)26-48-27-43-34-25-29(11-13-32(34)40(48)52)44-37(50)14-17-46-20-22-54-23-21-46/h10-13,24-25,27,53H,1-9,14-23,26H2,(H,44,50). The molecular weight excluding hydrogens is 708 g/mol. The third kappa shape index (κ3) is 9.00. The number of nitrogens with zero attached hydrogens (tertiary/aromatic N) is 5. The molecule has 54 heavy (non-hydrogen) atoms. The van der Waals surface area contributed by atoms with E-state index in [4.69, 9.17) is 21.3 Å². The van der Waals surface area contributed by atoms with Crippen LogP contribution in [-0.4, -0.2) is 98.6 Å². The van der Waals surface area contributed by atoms with Gasteiger partial charge in [-0.05, 0) is 81.2 Å². The largest absolute Gasteiger partial charge is 0.388 e. The molecule has 2 aromatic carbocycles. The fourth-order valence-electron chi connectivity index (χ4n) is 7.89. The fourth-order valence-corrected chi connectivity index (χ4v) is 8.25. The molecule has 4 heterocycles. The quantitative estimate of drug-likeness (QED) is 0.137. The first-order valence-corrected chi connectivity index (χ1v) is 19.8. The number of nitrogens with one attached hydrogen (secondary N) is 1. The molecule has 2 amide bonds. The minimum Gasteiger partial charge on any atom is -0.388 e. The summed E-state index contributed by atoms with van der Waals surface area (Å²) >= 11 is 6.70. The lowest BCUT2D eigenvalue weighted by molar-refractivity contribution is -0.136. The number of halogens is 1. The molecule has 0 radical (unpaired) electrons. The van der Waals surface area contributed by atoms with Crippen molar-refractivity contribution < 1.29 is 24.2 Å². The molecule has 0 atom stereocenters. The second kappa shape index (κ2) is 17.1. The van der Waals surface area contributed by atoms with Crippen molar-refractivity contribution in [1.29, 1.82) is 0 Å². The molecule has 2 saturated heterocycles. The maximum Gasteiger partial charge on any atom is 0.261 e. The molecular formula is C41H49ClN6O6. The Morgan fingerprint density at radius 3 is 2.46 bits per heavy atom. The topological polar surface area (TPSA) is 147 Å². The molecule has 286 valence electrons. The van der Waals surface area contributed by atoms with E-state index < -0.39 is 5.60 Å². The first-order chi connectivity index (χ1) is 26.2. The van der Waals surface area contributed by atoms with Gasteiger partial charge < -0.3 is 20.1 Å². The minimum atomic E-state index is -1.15. The molecule has 0 saturated carbocycles. The van der Waals surface area contributed by atoms with Crippen LogP contribution in [-0.2, 0) is 33.7 Å². The summed E-state index contributed by atoms with van der Waals surface area (Å²) in [6, 6.07) is 10.7. The number of fused-ring (bicyclic) bond motifs is 3. The summed E-state index contributed by atoms with van der Waals surface area (Å²) in [6.45, 7) is 4.55. The van der Waals surface area contributed by atoms with Gasteiger partial charge in [0.25, 0.3) is 5.56 Å². The van der Waals surface area contributed by atoms with Gasteiger partial charge in [0.1, 0.15) is 0 Å². The summed E-state index contributed by atoms with van der Waals surface area (Å²) in [4.78, 5) is 65.1. The molecule has 12 nitrogen and oxygen atoms in total. The van der Waals surface area contributed by atoms with Gasteiger partial charge in [-0.25, -0.2) is 4.98 Å². The number of ether oxygens (including phenoxy) is 1. The zero-order valence-corrected chi connectivity index (χ0v) is 31.5. The number of rotatable bonds is 13. The number of benzene rings is 2. The van der Waals surface area contributed by atoms with E-state index in [-0.39, 0.29) is 29.7 Å². The van der Waals surface area contributed by atoms with E-state index in [0.717, 1.165) is 72.4 Å². The van der Waals surface area contributed by atoms with Gasteiger partial charge in [0, 0.05) is 74.3 Å². The molecule has 0 spiro atoms. The van der Waals surface area contributed by atoms with Gasteiger partial charge in [-0.2, -0.15) is 0 Å². The van der Waals surface area contributed by atoms with E-state index in [1.807, 2.05) is 18.2 Å². The van der Waals surface area contributed by atoms with Gasteiger partial charge in [0.15, 0.2) is 5.78 Å². The molecule has 4 aromatic rings. The molecule has 0 unspecified atom stereocenters. The van der Waals surface area contributed by atoms with Gasteiger partial charge in [-0.3, -0.25) is 33.6 Å². The van der Waals surface area contributed by atoms with Crippen molar-refractivity contribution in [3.05, 3.63) is 74.9 Å². The zero-order valence-electron chi connectivity index (χ0n) is 30.8. The number of carbonyl (C=O) groups excluding carboxylic acids is 3. The van der Waals surface area contributed by atoms with Crippen LogP contribution < -0.4 is 10.9 Å². The van der Waals surface area contributed by atoms with Crippen LogP contribution in [0.1, 0.15) is 85.8 Å². The van der Waals surface area contributed by atoms with Crippen LogP contribution in [0.2, 0.25) is 5.02 Å². The number of pyridine rings is 1. The van der Waals surface area contributed by atoms with Crippen molar-refractivity contribution in [3.8, 4) is 0 Å². The summed E-state index contributed by atoms with van der Waals surface area (Å²) in [5.41, 5.74) is 3.25. The molecule has 7 rings (SSSR count). The Balaban J connectivity index is 0.836. The van der Waals surface area contributed by atoms with E-state index >= 15 is 0 Å². The predicted octanol–water partition coefficient (Wildman–Crippen LogP) is 5.32. The normalized spacial score (nSPS) is 17.4. The van der Waals surface area contributed by atoms with E-state index in [9.17, 15) is 24.3 Å². The summed E-state index contributed by atoms with van der Waals surface area (Å²) < 4.78 is 6.79. The maximum absolute atomic E-state index is 13.3. The van der Waals surface area contributed by atoms with Crippen LogP contribution >= 0.6 is 11.6 Å². The Hall–Kier alpha value is -4.23. The SMILES string of the molecule is O=C(CCN1CCOCC1)Nc1ccc2c(=O)n(CC3(O)CCN(C(=O)CCCCCC(=O)c4ccc5c(Cl)c6c(nc5c4)CCCC6)CC3)cnc2c1. The van der Waals surface area contributed by atoms with Crippen molar-refractivity contribution >= 4 is 56.7 Å². The Morgan fingerprint density at radius 2 is 1.65 bits per heavy atom. The molecule has 2 aromatic heterocycles. The van der Waals surface area contributed by atoms with Crippen molar-refractivity contribution in [1.82, 2.24) is 24.3 Å². The summed E-state index contributed by atoms with van der Waals surface area (Å²) in [6.07, 6.45) is 9.56. The van der Waals surface area contributed by atoms with Crippen molar-refractivity contribution in [3.63, 3.8) is 0 Å². The Labute approximate surface area is 319 Å². The number of ketones is 1. The third-order valence-electron chi connectivity index (χ3n) is 11.2. The number of carbonyl (C=O) groups is 3. The number of aryl methyl sites for hydroxylation is 1. The fraction of sp³-hybridized carbons (Fsp3) is 0.512. The monoisotopic (exact) mass is 756 g/mol. The van der Waals surface area contributed by atoms with Crippen molar-refractivity contribution in [2.24, 2.45) is 0 Å². The first-order valence-electron chi connectivity index (χ1n) is 19.4. The summed E-state index contributed by atoms with van der Waals surface area (Å²) in [5.74, 6) is 0.00370.